The van der Waals surface area contributed by atoms with Gasteiger partial charge >= 0.3 is 0 Å². The van der Waals surface area contributed by atoms with Gasteiger partial charge in [0.2, 0.25) is 5.88 Å². The standard InChI is InChI=1S/C66H75BN2O/c1-39-41-27-28-66(15,38-41)49-37-57-48(34-46(39)49)58-60(70-57)68(45-24-21-42(22-25-45)61(2,3)4)55-32-44(63(8,9)10)33-56-59(55)67(58)52-35-50-51(65(13,14)30-29-64(50,11)12)36-54(52)69(56)53-26-23-43(62(5,6)7)31-47(53)40-19-17-16-18-20-40/h16-26,31-37,39,41H,27-30,38H2,1-15H3. The van der Waals surface area contributed by atoms with Crippen LogP contribution in [0.4, 0.5) is 34.3 Å². The van der Waals surface area contributed by atoms with E-state index >= 15 is 0 Å². The van der Waals surface area contributed by atoms with Crippen LogP contribution in [0.3, 0.4) is 0 Å². The monoisotopic (exact) mass is 923 g/mol. The highest BCUT2D eigenvalue weighted by Gasteiger charge is 2.51. The summed E-state index contributed by atoms with van der Waals surface area (Å²) in [5.41, 5.74) is 23.8. The van der Waals surface area contributed by atoms with Gasteiger partial charge in [0.15, 0.2) is 0 Å². The molecule has 3 aliphatic carbocycles. The Morgan fingerprint density at radius 2 is 1.17 bits per heavy atom. The summed E-state index contributed by atoms with van der Waals surface area (Å²) in [6, 6.07) is 43.5. The molecule has 2 bridgehead atoms. The van der Waals surface area contributed by atoms with E-state index in [9.17, 15) is 0 Å². The lowest BCUT2D eigenvalue weighted by Gasteiger charge is -2.47. The topological polar surface area (TPSA) is 19.6 Å². The number of rotatable bonds is 3. The van der Waals surface area contributed by atoms with Gasteiger partial charge in [-0.15, -0.1) is 0 Å². The Kier molecular flexibility index (Phi) is 9.65. The van der Waals surface area contributed by atoms with Crippen molar-refractivity contribution < 1.29 is 4.42 Å². The van der Waals surface area contributed by atoms with Crippen molar-refractivity contribution >= 4 is 68.4 Å². The Hall–Kier alpha value is -5.48. The zero-order valence-electron chi connectivity index (χ0n) is 45.0. The fraction of sp³-hybridized carbons (Fsp3) is 0.424. The average Bonchev–Trinajstić information content (AvgIpc) is 3.87. The molecule has 4 heteroatoms. The maximum absolute atomic E-state index is 7.63. The minimum absolute atomic E-state index is 0.0172. The molecule has 0 N–H and O–H groups in total. The maximum Gasteiger partial charge on any atom is 0.257 e. The van der Waals surface area contributed by atoms with Crippen molar-refractivity contribution in [2.45, 2.75) is 174 Å². The molecule has 3 nitrogen and oxygen atoms in total. The number of anilines is 6. The first-order valence-electron chi connectivity index (χ1n) is 26.7. The second-order valence-corrected chi connectivity index (χ2v) is 27.3. The van der Waals surface area contributed by atoms with Gasteiger partial charge in [-0.25, -0.2) is 0 Å². The normalized spacial score (nSPS) is 21.8. The Bertz CT molecular complexity index is 3290. The predicted molar refractivity (Wildman–Crippen MR) is 300 cm³/mol. The van der Waals surface area contributed by atoms with Crippen LogP contribution in [0.15, 0.2) is 114 Å². The van der Waals surface area contributed by atoms with Gasteiger partial charge in [0, 0.05) is 39.2 Å². The van der Waals surface area contributed by atoms with Crippen LogP contribution in [-0.2, 0) is 32.5 Å². The Morgan fingerprint density at radius 3 is 1.81 bits per heavy atom. The molecule has 3 atom stereocenters. The largest absolute Gasteiger partial charge is 0.440 e. The van der Waals surface area contributed by atoms with Crippen molar-refractivity contribution in [3.05, 3.63) is 148 Å². The van der Waals surface area contributed by atoms with Gasteiger partial charge in [0.1, 0.15) is 5.58 Å². The minimum atomic E-state index is -0.146. The van der Waals surface area contributed by atoms with Crippen LogP contribution in [0, 0.1) is 5.92 Å². The minimum Gasteiger partial charge on any atom is -0.440 e. The summed E-state index contributed by atoms with van der Waals surface area (Å²) in [5, 5.41) is 1.28. The molecule has 3 heterocycles. The van der Waals surface area contributed by atoms with Crippen LogP contribution in [0.25, 0.3) is 22.1 Å². The first-order valence-corrected chi connectivity index (χ1v) is 26.7. The third-order valence-electron chi connectivity index (χ3n) is 18.5. The SMILES string of the molecule is CC1c2cc3c4c(oc3cc2C2(C)CCC1C2)N(c1ccc(C(C)(C)C)cc1)c1cc(C(C)(C)C)cc2c1B4c1cc3c(cc1N2c1ccc(C(C)(C)C)cc1-c1ccccc1)C(C)(C)CCC3(C)C. The number of furan rings is 1. The number of hydrogen-bond donors (Lipinski definition) is 0. The first kappa shape index (κ1) is 45.6. The van der Waals surface area contributed by atoms with Crippen LogP contribution in [0.1, 0.15) is 181 Å². The second kappa shape index (κ2) is 14.8. The van der Waals surface area contributed by atoms with E-state index in [-0.39, 0.29) is 39.2 Å². The zero-order chi connectivity index (χ0) is 49.4. The second-order valence-electron chi connectivity index (χ2n) is 27.3. The zero-order valence-corrected chi connectivity index (χ0v) is 45.0. The lowest BCUT2D eigenvalue weighted by atomic mass is 9.33. The lowest BCUT2D eigenvalue weighted by molar-refractivity contribution is 0.332. The van der Waals surface area contributed by atoms with Gasteiger partial charge in [-0.1, -0.05) is 158 Å². The molecule has 6 aromatic carbocycles. The molecule has 70 heavy (non-hydrogen) atoms. The maximum atomic E-state index is 7.63. The van der Waals surface area contributed by atoms with E-state index in [1.54, 1.807) is 5.56 Å². The molecule has 1 fully saturated rings. The van der Waals surface area contributed by atoms with Crippen LogP contribution >= 0.6 is 0 Å². The number of nitrogens with zero attached hydrogens (tertiary/aromatic N) is 2. The Labute approximate surface area is 420 Å². The van der Waals surface area contributed by atoms with Gasteiger partial charge in [-0.2, -0.15) is 0 Å². The van der Waals surface area contributed by atoms with Crippen molar-refractivity contribution in [2.24, 2.45) is 5.92 Å². The van der Waals surface area contributed by atoms with Gasteiger partial charge in [-0.05, 0) is 186 Å². The van der Waals surface area contributed by atoms with Crippen molar-refractivity contribution in [3.8, 4) is 11.1 Å². The highest BCUT2D eigenvalue weighted by molar-refractivity contribution is 7.01. The molecule has 1 aromatic heterocycles. The summed E-state index contributed by atoms with van der Waals surface area (Å²) in [6.45, 7) is 36.1. The fourth-order valence-electron chi connectivity index (χ4n) is 13.9. The van der Waals surface area contributed by atoms with Gasteiger partial charge < -0.3 is 9.32 Å². The fourth-order valence-corrected chi connectivity index (χ4v) is 13.9. The van der Waals surface area contributed by atoms with Crippen LogP contribution in [0.2, 0.25) is 0 Å². The molecular formula is C66H75BN2O. The lowest BCUT2D eigenvalue weighted by Crippen LogP contribution is -2.61. The van der Waals surface area contributed by atoms with Gasteiger partial charge in [0.25, 0.3) is 6.71 Å². The van der Waals surface area contributed by atoms with Gasteiger partial charge in [0.05, 0.1) is 5.69 Å². The third-order valence-corrected chi connectivity index (χ3v) is 18.5. The van der Waals surface area contributed by atoms with Crippen molar-refractivity contribution in [1.29, 1.82) is 0 Å². The highest BCUT2D eigenvalue weighted by atomic mass is 16.4. The van der Waals surface area contributed by atoms with Crippen LogP contribution < -0.4 is 26.2 Å². The van der Waals surface area contributed by atoms with E-state index in [4.69, 9.17) is 4.42 Å². The predicted octanol–water partition coefficient (Wildman–Crippen LogP) is 16.6. The summed E-state index contributed by atoms with van der Waals surface area (Å²) in [7, 11) is 0. The molecule has 7 aromatic rings. The van der Waals surface area contributed by atoms with Crippen molar-refractivity contribution in [3.63, 3.8) is 0 Å². The summed E-state index contributed by atoms with van der Waals surface area (Å²) < 4.78 is 7.63. The van der Waals surface area contributed by atoms with Crippen molar-refractivity contribution in [1.82, 2.24) is 0 Å². The molecular weight excluding hydrogens is 848 g/mol. The van der Waals surface area contributed by atoms with E-state index in [0.29, 0.717) is 5.92 Å². The van der Waals surface area contributed by atoms with E-state index in [2.05, 4.69) is 223 Å². The average molecular weight is 923 g/mol. The molecule has 358 valence electrons. The first-order chi connectivity index (χ1) is 32.8. The summed E-state index contributed by atoms with van der Waals surface area (Å²) in [4.78, 5) is 5.24. The molecule has 1 saturated carbocycles. The summed E-state index contributed by atoms with van der Waals surface area (Å²) >= 11 is 0. The molecule has 3 unspecified atom stereocenters. The number of fused-ring (bicyclic) bond motifs is 11. The highest BCUT2D eigenvalue weighted by Crippen LogP contribution is 2.58. The quantitative estimate of drug-likeness (QED) is 0.165. The Balaban J connectivity index is 1.25. The molecule has 0 saturated heterocycles. The third kappa shape index (κ3) is 6.73. The van der Waals surface area contributed by atoms with Gasteiger partial charge in [-0.3, -0.25) is 4.90 Å². The molecule has 5 aliphatic rings. The molecule has 12 rings (SSSR count). The Morgan fingerprint density at radius 1 is 0.557 bits per heavy atom. The van der Waals surface area contributed by atoms with E-state index < -0.39 is 0 Å². The van der Waals surface area contributed by atoms with E-state index in [1.807, 2.05) is 0 Å². The van der Waals surface area contributed by atoms with Crippen LogP contribution in [-0.4, -0.2) is 6.71 Å². The number of hydrogen-bond acceptors (Lipinski definition) is 3. The number of benzene rings is 6. The van der Waals surface area contributed by atoms with Crippen LogP contribution in [0.5, 0.6) is 0 Å². The van der Waals surface area contributed by atoms with Crippen molar-refractivity contribution in [2.75, 3.05) is 9.80 Å². The van der Waals surface area contributed by atoms with E-state index in [1.165, 1.54) is 108 Å². The molecule has 2 aliphatic heterocycles. The summed E-state index contributed by atoms with van der Waals surface area (Å²) in [6.07, 6.45) is 6.15. The van der Waals surface area contributed by atoms with E-state index in [0.717, 1.165) is 35.9 Å². The summed E-state index contributed by atoms with van der Waals surface area (Å²) in [5.74, 6) is 2.21. The smallest absolute Gasteiger partial charge is 0.257 e. The molecule has 0 spiro atoms. The molecule has 0 radical (unpaired) electrons. The molecule has 0 amide bonds.